The summed E-state index contributed by atoms with van der Waals surface area (Å²) in [6, 6.07) is 5.52. The second-order valence-corrected chi connectivity index (χ2v) is 4.92. The highest BCUT2D eigenvalue weighted by molar-refractivity contribution is 5.92. The summed E-state index contributed by atoms with van der Waals surface area (Å²) in [6.07, 6.45) is 4.06. The van der Waals surface area contributed by atoms with Gasteiger partial charge in [-0.1, -0.05) is 12.1 Å². The summed E-state index contributed by atoms with van der Waals surface area (Å²) in [5.41, 5.74) is 1.39. The van der Waals surface area contributed by atoms with Gasteiger partial charge in [-0.3, -0.25) is 9.78 Å². The molecule has 110 valence electrons. The largest absolute Gasteiger partial charge is 0.370 e. The second kappa shape index (κ2) is 6.05. The van der Waals surface area contributed by atoms with Gasteiger partial charge in [0.05, 0.1) is 13.2 Å². The van der Waals surface area contributed by atoms with Crippen molar-refractivity contribution in [1.82, 2.24) is 15.0 Å². The van der Waals surface area contributed by atoms with Crippen LogP contribution in [0.25, 0.3) is 0 Å². The second-order valence-electron chi connectivity index (χ2n) is 4.92. The molecule has 0 unspecified atom stereocenters. The standard InChI is InChI=1S/C15H17N3O3/c1-2-12-9-13(17-21-12)15(19)18-7-8-20-14(10-18)11-3-5-16-6-4-11/h3-6,9,14H,2,7-8,10H2,1H3/t14-/m1/s1. The quantitative estimate of drug-likeness (QED) is 0.861. The summed E-state index contributed by atoms with van der Waals surface area (Å²) in [5, 5.41) is 3.84. The Kier molecular flexibility index (Phi) is 3.96. The van der Waals surface area contributed by atoms with Crippen LogP contribution in [0.1, 0.15) is 34.8 Å². The van der Waals surface area contributed by atoms with E-state index in [4.69, 9.17) is 9.26 Å². The maximum atomic E-state index is 12.4. The molecule has 0 aliphatic carbocycles. The van der Waals surface area contributed by atoms with Gasteiger partial charge in [0.25, 0.3) is 5.91 Å². The number of carbonyl (C=O) groups is 1. The molecule has 0 N–H and O–H groups in total. The molecular weight excluding hydrogens is 270 g/mol. The normalized spacial score (nSPS) is 18.7. The van der Waals surface area contributed by atoms with Crippen molar-refractivity contribution >= 4 is 5.91 Å². The average Bonchev–Trinajstić information content (AvgIpc) is 3.04. The van der Waals surface area contributed by atoms with Crippen LogP contribution in [0.15, 0.2) is 35.1 Å². The molecule has 2 aromatic heterocycles. The summed E-state index contributed by atoms with van der Waals surface area (Å²) in [7, 11) is 0. The highest BCUT2D eigenvalue weighted by Gasteiger charge is 2.27. The molecule has 3 rings (SSSR count). The fraction of sp³-hybridized carbons (Fsp3) is 0.400. The minimum absolute atomic E-state index is 0.110. The fourth-order valence-corrected chi connectivity index (χ4v) is 2.36. The summed E-state index contributed by atoms with van der Waals surface area (Å²) in [6.45, 7) is 3.55. The van der Waals surface area contributed by atoms with Crippen molar-refractivity contribution in [2.45, 2.75) is 19.4 Å². The summed E-state index contributed by atoms with van der Waals surface area (Å²) in [4.78, 5) is 18.2. The molecule has 6 heteroatoms. The van der Waals surface area contributed by atoms with E-state index < -0.39 is 0 Å². The van der Waals surface area contributed by atoms with Crippen LogP contribution >= 0.6 is 0 Å². The zero-order valence-electron chi connectivity index (χ0n) is 11.9. The first-order chi connectivity index (χ1) is 10.3. The van der Waals surface area contributed by atoms with Gasteiger partial charge in [0.1, 0.15) is 11.9 Å². The zero-order valence-corrected chi connectivity index (χ0v) is 11.9. The van der Waals surface area contributed by atoms with Crippen LogP contribution in [0.2, 0.25) is 0 Å². The van der Waals surface area contributed by atoms with Gasteiger partial charge in [-0.2, -0.15) is 0 Å². The molecule has 1 saturated heterocycles. The molecule has 2 aromatic rings. The summed E-state index contributed by atoms with van der Waals surface area (Å²) < 4.78 is 10.8. The zero-order chi connectivity index (χ0) is 14.7. The number of hydrogen-bond acceptors (Lipinski definition) is 5. The molecule has 0 saturated carbocycles. The van der Waals surface area contributed by atoms with Gasteiger partial charge in [-0.15, -0.1) is 0 Å². The first-order valence-electron chi connectivity index (χ1n) is 7.04. The summed E-state index contributed by atoms with van der Waals surface area (Å²) >= 11 is 0. The lowest BCUT2D eigenvalue weighted by Gasteiger charge is -2.32. The molecule has 21 heavy (non-hydrogen) atoms. The molecule has 1 aliphatic rings. The number of carbonyl (C=O) groups excluding carboxylic acids is 1. The number of aryl methyl sites for hydroxylation is 1. The molecule has 0 aromatic carbocycles. The number of amides is 1. The Morgan fingerprint density at radius 3 is 2.95 bits per heavy atom. The summed E-state index contributed by atoms with van der Waals surface area (Å²) in [5.74, 6) is 0.609. The Hall–Kier alpha value is -2.21. The predicted molar refractivity (Wildman–Crippen MR) is 74.7 cm³/mol. The molecule has 0 bridgehead atoms. The van der Waals surface area contributed by atoms with Gasteiger partial charge in [-0.25, -0.2) is 0 Å². The van der Waals surface area contributed by atoms with Crippen molar-refractivity contribution < 1.29 is 14.1 Å². The average molecular weight is 287 g/mol. The van der Waals surface area contributed by atoms with Gasteiger partial charge < -0.3 is 14.2 Å². The third-order valence-electron chi connectivity index (χ3n) is 3.56. The monoisotopic (exact) mass is 287 g/mol. The van der Waals surface area contributed by atoms with Crippen molar-refractivity contribution in [2.24, 2.45) is 0 Å². The van der Waals surface area contributed by atoms with Gasteiger partial charge in [0.15, 0.2) is 5.69 Å². The Morgan fingerprint density at radius 2 is 2.24 bits per heavy atom. The topological polar surface area (TPSA) is 68.5 Å². The molecule has 0 radical (unpaired) electrons. The van der Waals surface area contributed by atoms with Gasteiger partial charge in [-0.05, 0) is 17.7 Å². The van der Waals surface area contributed by atoms with Gasteiger partial charge in [0, 0.05) is 31.4 Å². The lowest BCUT2D eigenvalue weighted by atomic mass is 10.1. The first kappa shape index (κ1) is 13.8. The van der Waals surface area contributed by atoms with Gasteiger partial charge >= 0.3 is 0 Å². The van der Waals surface area contributed by atoms with Crippen LogP contribution in [0.5, 0.6) is 0 Å². The molecule has 0 spiro atoms. The lowest BCUT2D eigenvalue weighted by Crippen LogP contribution is -2.42. The molecular formula is C15H17N3O3. The Morgan fingerprint density at radius 1 is 1.43 bits per heavy atom. The van der Waals surface area contributed by atoms with Crippen molar-refractivity contribution in [3.8, 4) is 0 Å². The molecule has 1 aliphatic heterocycles. The third-order valence-corrected chi connectivity index (χ3v) is 3.56. The number of aromatic nitrogens is 2. The van der Waals surface area contributed by atoms with Crippen molar-refractivity contribution in [1.29, 1.82) is 0 Å². The SMILES string of the molecule is CCc1cc(C(=O)N2CCO[C@@H](c3ccncc3)C2)no1. The molecule has 1 amide bonds. The Labute approximate surface area is 122 Å². The van der Waals surface area contributed by atoms with Crippen LogP contribution in [-0.2, 0) is 11.2 Å². The highest BCUT2D eigenvalue weighted by atomic mass is 16.5. The lowest BCUT2D eigenvalue weighted by molar-refractivity contribution is -0.0231. The van der Waals surface area contributed by atoms with Crippen LogP contribution in [0, 0.1) is 0 Å². The Balaban J connectivity index is 1.72. The maximum absolute atomic E-state index is 12.4. The molecule has 6 nitrogen and oxygen atoms in total. The van der Waals surface area contributed by atoms with Crippen LogP contribution < -0.4 is 0 Å². The van der Waals surface area contributed by atoms with Crippen LogP contribution in [-0.4, -0.2) is 40.6 Å². The van der Waals surface area contributed by atoms with E-state index in [9.17, 15) is 4.79 Å². The van der Waals surface area contributed by atoms with Crippen molar-refractivity contribution in [2.75, 3.05) is 19.7 Å². The first-order valence-corrected chi connectivity index (χ1v) is 7.04. The highest BCUT2D eigenvalue weighted by Crippen LogP contribution is 2.22. The number of nitrogens with zero attached hydrogens (tertiary/aromatic N) is 3. The number of pyridine rings is 1. The van der Waals surface area contributed by atoms with E-state index in [2.05, 4.69) is 10.1 Å². The van der Waals surface area contributed by atoms with E-state index in [-0.39, 0.29) is 12.0 Å². The fourth-order valence-electron chi connectivity index (χ4n) is 2.36. The minimum Gasteiger partial charge on any atom is -0.370 e. The van der Waals surface area contributed by atoms with E-state index in [1.54, 1.807) is 23.4 Å². The third kappa shape index (κ3) is 2.95. The number of rotatable bonds is 3. The van der Waals surface area contributed by atoms with Gasteiger partial charge in [0.2, 0.25) is 0 Å². The van der Waals surface area contributed by atoms with Crippen molar-refractivity contribution in [3.63, 3.8) is 0 Å². The number of morpholine rings is 1. The number of ether oxygens (including phenoxy) is 1. The van der Waals surface area contributed by atoms with Crippen LogP contribution in [0.4, 0.5) is 0 Å². The van der Waals surface area contributed by atoms with E-state index in [1.165, 1.54) is 0 Å². The van der Waals surface area contributed by atoms with E-state index >= 15 is 0 Å². The predicted octanol–water partition coefficient (Wildman–Crippen LogP) is 1.85. The van der Waals surface area contributed by atoms with E-state index in [0.717, 1.165) is 17.7 Å². The smallest absolute Gasteiger partial charge is 0.276 e. The minimum atomic E-state index is -0.122. The molecule has 1 atom stereocenters. The van der Waals surface area contributed by atoms with E-state index in [1.807, 2.05) is 19.1 Å². The molecule has 3 heterocycles. The molecule has 1 fully saturated rings. The number of hydrogen-bond donors (Lipinski definition) is 0. The van der Waals surface area contributed by atoms with Crippen molar-refractivity contribution in [3.05, 3.63) is 47.6 Å². The Bertz CT molecular complexity index is 612. The maximum Gasteiger partial charge on any atom is 0.276 e. The van der Waals surface area contributed by atoms with E-state index in [0.29, 0.717) is 25.4 Å². The van der Waals surface area contributed by atoms with Crippen LogP contribution in [0.3, 0.4) is 0 Å².